The summed E-state index contributed by atoms with van der Waals surface area (Å²) in [5.74, 6) is -0.0708. The van der Waals surface area contributed by atoms with Crippen LogP contribution in [0.4, 0.5) is 5.69 Å². The molecule has 0 aliphatic carbocycles. The van der Waals surface area contributed by atoms with Gasteiger partial charge in [-0.2, -0.15) is 0 Å². The number of hydrogen-bond donors (Lipinski definition) is 2. The van der Waals surface area contributed by atoms with Gasteiger partial charge in [-0.3, -0.25) is 4.79 Å². The van der Waals surface area contributed by atoms with Crippen LogP contribution in [0.3, 0.4) is 0 Å². The number of hydrogen-bond acceptors (Lipinski definition) is 2. The molecule has 0 atom stereocenters. The SMILES string of the molecule is CC=CC=CC(=O)NCCc1ccc(N)cc1. The molecule has 0 aromatic heterocycles. The fourth-order valence-corrected chi connectivity index (χ4v) is 1.33. The van der Waals surface area contributed by atoms with E-state index in [2.05, 4.69) is 5.32 Å². The van der Waals surface area contributed by atoms with Crippen molar-refractivity contribution in [2.24, 2.45) is 0 Å². The fraction of sp³-hybridized carbons (Fsp3) is 0.214. The van der Waals surface area contributed by atoms with Crippen molar-refractivity contribution in [2.75, 3.05) is 12.3 Å². The third-order valence-corrected chi connectivity index (χ3v) is 2.24. The van der Waals surface area contributed by atoms with Crippen LogP contribution in [0.15, 0.2) is 48.6 Å². The number of anilines is 1. The van der Waals surface area contributed by atoms with Gasteiger partial charge in [0.2, 0.25) is 5.91 Å². The van der Waals surface area contributed by atoms with Gasteiger partial charge in [0.1, 0.15) is 0 Å². The molecule has 3 heteroatoms. The molecule has 0 aliphatic rings. The number of rotatable bonds is 5. The fourth-order valence-electron chi connectivity index (χ4n) is 1.33. The Bertz CT molecular complexity index is 405. The third-order valence-electron chi connectivity index (χ3n) is 2.24. The molecule has 0 unspecified atom stereocenters. The zero-order chi connectivity index (χ0) is 12.5. The second-order valence-electron chi connectivity index (χ2n) is 3.67. The van der Waals surface area contributed by atoms with Crippen molar-refractivity contribution in [3.05, 3.63) is 54.1 Å². The largest absolute Gasteiger partial charge is 0.399 e. The molecule has 0 saturated carbocycles. The van der Waals surface area contributed by atoms with Crippen molar-refractivity contribution in [3.63, 3.8) is 0 Å². The summed E-state index contributed by atoms with van der Waals surface area (Å²) in [4.78, 5) is 11.3. The minimum absolute atomic E-state index is 0.0708. The lowest BCUT2D eigenvalue weighted by atomic mass is 10.1. The Balaban J connectivity index is 2.28. The van der Waals surface area contributed by atoms with Crippen LogP contribution < -0.4 is 11.1 Å². The number of amides is 1. The first-order chi connectivity index (χ1) is 8.22. The lowest BCUT2D eigenvalue weighted by Gasteiger charge is -2.03. The molecule has 0 heterocycles. The van der Waals surface area contributed by atoms with Crippen molar-refractivity contribution in [1.82, 2.24) is 5.32 Å². The zero-order valence-electron chi connectivity index (χ0n) is 10.0. The lowest BCUT2D eigenvalue weighted by Crippen LogP contribution is -2.23. The molecule has 0 fully saturated rings. The van der Waals surface area contributed by atoms with Gasteiger partial charge in [0.25, 0.3) is 0 Å². The maximum absolute atomic E-state index is 11.3. The Kier molecular flexibility index (Phi) is 5.58. The molecular weight excluding hydrogens is 212 g/mol. The molecule has 1 aromatic carbocycles. The Hall–Kier alpha value is -2.03. The first kappa shape index (κ1) is 13.0. The quantitative estimate of drug-likeness (QED) is 0.462. The maximum Gasteiger partial charge on any atom is 0.243 e. The van der Waals surface area contributed by atoms with E-state index >= 15 is 0 Å². The molecule has 0 saturated heterocycles. The highest BCUT2D eigenvalue weighted by molar-refractivity contribution is 5.87. The average Bonchev–Trinajstić information content (AvgIpc) is 2.32. The molecule has 0 aliphatic heterocycles. The Labute approximate surface area is 102 Å². The van der Waals surface area contributed by atoms with Crippen LogP contribution in [-0.2, 0) is 11.2 Å². The summed E-state index contributed by atoms with van der Waals surface area (Å²) in [5, 5.41) is 2.81. The number of carbonyl (C=O) groups excluding carboxylic acids is 1. The van der Waals surface area contributed by atoms with Crippen molar-refractivity contribution < 1.29 is 4.79 Å². The minimum Gasteiger partial charge on any atom is -0.399 e. The smallest absolute Gasteiger partial charge is 0.243 e. The Morgan fingerprint density at radius 2 is 2.00 bits per heavy atom. The van der Waals surface area contributed by atoms with Crippen molar-refractivity contribution >= 4 is 11.6 Å². The van der Waals surface area contributed by atoms with Crippen LogP contribution in [0.1, 0.15) is 12.5 Å². The van der Waals surface area contributed by atoms with Crippen LogP contribution in [0.5, 0.6) is 0 Å². The predicted octanol–water partition coefficient (Wildman–Crippen LogP) is 2.06. The van der Waals surface area contributed by atoms with Gasteiger partial charge in [0.15, 0.2) is 0 Å². The van der Waals surface area contributed by atoms with Gasteiger partial charge in [0, 0.05) is 18.3 Å². The van der Waals surface area contributed by atoms with E-state index in [-0.39, 0.29) is 5.91 Å². The molecule has 17 heavy (non-hydrogen) atoms. The topological polar surface area (TPSA) is 55.1 Å². The van der Waals surface area contributed by atoms with E-state index in [1.807, 2.05) is 43.3 Å². The molecule has 0 radical (unpaired) electrons. The number of nitrogens with two attached hydrogens (primary N) is 1. The number of allylic oxidation sites excluding steroid dienone is 3. The van der Waals surface area contributed by atoms with Gasteiger partial charge < -0.3 is 11.1 Å². The summed E-state index contributed by atoms with van der Waals surface area (Å²) in [6.07, 6.45) is 7.74. The van der Waals surface area contributed by atoms with Gasteiger partial charge in [0.05, 0.1) is 0 Å². The molecule has 3 N–H and O–H groups in total. The standard InChI is InChI=1S/C14H18N2O/c1-2-3-4-5-14(17)16-11-10-12-6-8-13(15)9-7-12/h2-9H,10-11,15H2,1H3,(H,16,17). The van der Waals surface area contributed by atoms with E-state index in [1.54, 1.807) is 6.08 Å². The van der Waals surface area contributed by atoms with E-state index < -0.39 is 0 Å². The normalized spacial score (nSPS) is 11.1. The number of benzene rings is 1. The summed E-state index contributed by atoms with van der Waals surface area (Å²) >= 11 is 0. The molecule has 0 bridgehead atoms. The summed E-state index contributed by atoms with van der Waals surface area (Å²) in [6, 6.07) is 7.67. The van der Waals surface area contributed by atoms with Crippen LogP contribution in [0.2, 0.25) is 0 Å². The van der Waals surface area contributed by atoms with Crippen molar-refractivity contribution in [1.29, 1.82) is 0 Å². The van der Waals surface area contributed by atoms with Gasteiger partial charge in [-0.1, -0.05) is 30.4 Å². The first-order valence-electron chi connectivity index (χ1n) is 5.64. The van der Waals surface area contributed by atoms with E-state index in [0.29, 0.717) is 6.54 Å². The molecule has 1 aromatic rings. The second kappa shape index (κ2) is 7.28. The Morgan fingerprint density at radius 1 is 1.29 bits per heavy atom. The van der Waals surface area contributed by atoms with Gasteiger partial charge in [-0.05, 0) is 31.0 Å². The van der Waals surface area contributed by atoms with Crippen LogP contribution in [0.25, 0.3) is 0 Å². The monoisotopic (exact) mass is 230 g/mol. The summed E-state index contributed by atoms with van der Waals surface area (Å²) < 4.78 is 0. The van der Waals surface area contributed by atoms with Crippen molar-refractivity contribution in [3.8, 4) is 0 Å². The average molecular weight is 230 g/mol. The van der Waals surface area contributed by atoms with E-state index in [1.165, 1.54) is 6.08 Å². The minimum atomic E-state index is -0.0708. The van der Waals surface area contributed by atoms with Gasteiger partial charge >= 0.3 is 0 Å². The maximum atomic E-state index is 11.3. The highest BCUT2D eigenvalue weighted by Gasteiger charge is 1.95. The molecule has 0 spiro atoms. The predicted molar refractivity (Wildman–Crippen MR) is 71.5 cm³/mol. The van der Waals surface area contributed by atoms with Crippen LogP contribution in [0, 0.1) is 0 Å². The number of nitrogen functional groups attached to an aromatic ring is 1. The van der Waals surface area contributed by atoms with Gasteiger partial charge in [-0.15, -0.1) is 0 Å². The summed E-state index contributed by atoms with van der Waals surface area (Å²) in [7, 11) is 0. The highest BCUT2D eigenvalue weighted by atomic mass is 16.1. The van der Waals surface area contributed by atoms with E-state index in [4.69, 9.17) is 5.73 Å². The molecule has 1 amide bonds. The van der Waals surface area contributed by atoms with Crippen LogP contribution in [-0.4, -0.2) is 12.5 Å². The summed E-state index contributed by atoms with van der Waals surface area (Å²) in [6.45, 7) is 2.53. The Morgan fingerprint density at radius 3 is 2.65 bits per heavy atom. The van der Waals surface area contributed by atoms with Crippen molar-refractivity contribution in [2.45, 2.75) is 13.3 Å². The summed E-state index contributed by atoms with van der Waals surface area (Å²) in [5.41, 5.74) is 7.51. The molecule has 1 rings (SSSR count). The first-order valence-corrected chi connectivity index (χ1v) is 5.64. The van der Waals surface area contributed by atoms with E-state index in [0.717, 1.165) is 17.7 Å². The van der Waals surface area contributed by atoms with Gasteiger partial charge in [-0.25, -0.2) is 0 Å². The van der Waals surface area contributed by atoms with E-state index in [9.17, 15) is 4.79 Å². The third kappa shape index (κ3) is 5.56. The molecular formula is C14H18N2O. The molecule has 90 valence electrons. The number of nitrogens with one attached hydrogen (secondary N) is 1. The number of carbonyl (C=O) groups is 1. The highest BCUT2D eigenvalue weighted by Crippen LogP contribution is 2.05. The lowest BCUT2D eigenvalue weighted by molar-refractivity contribution is -0.116. The van der Waals surface area contributed by atoms with Crippen LogP contribution >= 0.6 is 0 Å². The molecule has 3 nitrogen and oxygen atoms in total. The second-order valence-corrected chi connectivity index (χ2v) is 3.67. The zero-order valence-corrected chi connectivity index (χ0v) is 10.0.